The molecule has 2 amide bonds. The number of hydrogen-bond donors (Lipinski definition) is 2. The lowest BCUT2D eigenvalue weighted by Crippen LogP contribution is -2.34. The summed E-state index contributed by atoms with van der Waals surface area (Å²) in [4.78, 5) is 24.3. The number of fused-ring (bicyclic) bond motifs is 1. The molecule has 0 aliphatic rings. The number of carbonyl (C=O) groups is 2. The number of nitrogens with one attached hydrogen (secondary N) is 2. The monoisotopic (exact) mass is 352 g/mol. The molecule has 26 heavy (non-hydrogen) atoms. The third-order valence-corrected chi connectivity index (χ3v) is 4.08. The summed E-state index contributed by atoms with van der Waals surface area (Å²) in [6.07, 6.45) is 0. The van der Waals surface area contributed by atoms with Gasteiger partial charge in [-0.25, -0.2) is 0 Å². The Labute approximate surface area is 151 Å². The molecule has 1 heterocycles. The molecular formula is C20H20N2O4. The molecule has 0 saturated carbocycles. The van der Waals surface area contributed by atoms with Crippen LogP contribution in [0.3, 0.4) is 0 Å². The maximum atomic E-state index is 12.4. The Morgan fingerprint density at radius 2 is 1.69 bits per heavy atom. The van der Waals surface area contributed by atoms with Crippen molar-refractivity contribution in [3.63, 3.8) is 0 Å². The molecule has 6 heteroatoms. The highest BCUT2D eigenvalue weighted by atomic mass is 16.5. The van der Waals surface area contributed by atoms with Crippen molar-refractivity contribution in [1.82, 2.24) is 10.6 Å². The molecule has 0 aliphatic heterocycles. The summed E-state index contributed by atoms with van der Waals surface area (Å²) in [5.74, 6) is 0.484. The van der Waals surface area contributed by atoms with Crippen molar-refractivity contribution in [2.45, 2.75) is 6.92 Å². The Bertz CT molecular complexity index is 932. The standard InChI is InChI=1S/C20H20N2O4/c1-13-16-12-15(25-2)8-9-17(16)26-18(13)20(24)22-11-10-21-19(23)14-6-4-3-5-7-14/h3-9,12H,10-11H2,1-2H3,(H,21,23)(H,22,24). The fraction of sp³-hybridized carbons (Fsp3) is 0.200. The summed E-state index contributed by atoms with van der Waals surface area (Å²) in [5, 5.41) is 6.36. The largest absolute Gasteiger partial charge is 0.497 e. The Kier molecular flexibility index (Phi) is 5.22. The van der Waals surface area contributed by atoms with Gasteiger partial charge in [0.2, 0.25) is 0 Å². The molecule has 6 nitrogen and oxygen atoms in total. The first-order chi connectivity index (χ1) is 12.6. The minimum Gasteiger partial charge on any atom is -0.497 e. The SMILES string of the molecule is COc1ccc2oc(C(=O)NCCNC(=O)c3ccccc3)c(C)c2c1. The predicted octanol–water partition coefficient (Wildman–Crippen LogP) is 2.91. The van der Waals surface area contributed by atoms with Crippen LogP contribution in [0.25, 0.3) is 11.0 Å². The van der Waals surface area contributed by atoms with E-state index >= 15 is 0 Å². The average molecular weight is 352 g/mol. The second-order valence-corrected chi connectivity index (χ2v) is 5.80. The second kappa shape index (κ2) is 7.74. The van der Waals surface area contributed by atoms with E-state index in [-0.39, 0.29) is 17.6 Å². The lowest BCUT2D eigenvalue weighted by Gasteiger charge is -2.06. The number of methoxy groups -OCH3 is 1. The van der Waals surface area contributed by atoms with Crippen LogP contribution in [0.4, 0.5) is 0 Å². The van der Waals surface area contributed by atoms with Gasteiger partial charge in [-0.05, 0) is 37.3 Å². The van der Waals surface area contributed by atoms with Gasteiger partial charge in [-0.3, -0.25) is 9.59 Å². The van der Waals surface area contributed by atoms with Crippen LogP contribution in [-0.2, 0) is 0 Å². The minimum atomic E-state index is -0.313. The summed E-state index contributed by atoms with van der Waals surface area (Å²) < 4.78 is 10.9. The molecule has 134 valence electrons. The Balaban J connectivity index is 1.58. The van der Waals surface area contributed by atoms with Crippen LogP contribution in [-0.4, -0.2) is 32.0 Å². The number of benzene rings is 2. The molecule has 0 aliphatic carbocycles. The number of amides is 2. The molecule has 2 aromatic carbocycles. The summed E-state index contributed by atoms with van der Waals surface area (Å²) in [6, 6.07) is 14.3. The van der Waals surface area contributed by atoms with Crippen LogP contribution in [0, 0.1) is 6.92 Å². The second-order valence-electron chi connectivity index (χ2n) is 5.80. The van der Waals surface area contributed by atoms with E-state index in [0.717, 1.165) is 10.9 Å². The van der Waals surface area contributed by atoms with Crippen molar-refractivity contribution in [3.05, 3.63) is 65.4 Å². The van der Waals surface area contributed by atoms with Crippen LogP contribution in [0.2, 0.25) is 0 Å². The molecule has 3 rings (SSSR count). The molecule has 1 aromatic heterocycles. The molecule has 3 aromatic rings. The highest BCUT2D eigenvalue weighted by molar-refractivity contribution is 5.99. The number of furan rings is 1. The normalized spacial score (nSPS) is 10.5. The topological polar surface area (TPSA) is 80.6 Å². The summed E-state index contributed by atoms with van der Waals surface area (Å²) in [5.41, 5.74) is 1.97. The van der Waals surface area contributed by atoms with Gasteiger partial charge in [0.15, 0.2) is 5.76 Å². The first kappa shape index (κ1) is 17.5. The first-order valence-corrected chi connectivity index (χ1v) is 8.28. The lowest BCUT2D eigenvalue weighted by molar-refractivity contribution is 0.0911. The van der Waals surface area contributed by atoms with E-state index in [1.54, 1.807) is 43.5 Å². The summed E-state index contributed by atoms with van der Waals surface area (Å²) in [6.45, 7) is 2.46. The zero-order valence-electron chi connectivity index (χ0n) is 14.7. The fourth-order valence-corrected chi connectivity index (χ4v) is 2.67. The third kappa shape index (κ3) is 3.69. The number of rotatable bonds is 6. The molecule has 0 atom stereocenters. The van der Waals surface area contributed by atoms with Crippen molar-refractivity contribution < 1.29 is 18.7 Å². The smallest absolute Gasteiger partial charge is 0.287 e. The van der Waals surface area contributed by atoms with E-state index < -0.39 is 0 Å². The first-order valence-electron chi connectivity index (χ1n) is 8.28. The minimum absolute atomic E-state index is 0.174. The van der Waals surface area contributed by atoms with Crippen molar-refractivity contribution in [2.24, 2.45) is 0 Å². The fourth-order valence-electron chi connectivity index (χ4n) is 2.67. The highest BCUT2D eigenvalue weighted by Crippen LogP contribution is 2.28. The van der Waals surface area contributed by atoms with Crippen LogP contribution >= 0.6 is 0 Å². The molecule has 0 bridgehead atoms. The van der Waals surface area contributed by atoms with Gasteiger partial charge in [0.25, 0.3) is 11.8 Å². The molecule has 0 saturated heterocycles. The van der Waals surface area contributed by atoms with Crippen molar-refractivity contribution in [2.75, 3.05) is 20.2 Å². The van der Waals surface area contributed by atoms with Gasteiger partial charge in [0.05, 0.1) is 7.11 Å². The third-order valence-electron chi connectivity index (χ3n) is 4.08. The molecule has 0 unspecified atom stereocenters. The van der Waals surface area contributed by atoms with Gasteiger partial charge in [-0.15, -0.1) is 0 Å². The predicted molar refractivity (Wildman–Crippen MR) is 98.6 cm³/mol. The molecule has 2 N–H and O–H groups in total. The van der Waals surface area contributed by atoms with Crippen molar-refractivity contribution in [3.8, 4) is 5.75 Å². The molecular weight excluding hydrogens is 332 g/mol. The molecule has 0 fully saturated rings. The average Bonchev–Trinajstić information content (AvgIpc) is 3.01. The lowest BCUT2D eigenvalue weighted by atomic mass is 10.1. The molecule has 0 spiro atoms. The van der Waals surface area contributed by atoms with Crippen LogP contribution in [0.1, 0.15) is 26.5 Å². The van der Waals surface area contributed by atoms with Crippen LogP contribution in [0.15, 0.2) is 52.9 Å². The number of carbonyl (C=O) groups excluding carboxylic acids is 2. The Morgan fingerprint density at radius 3 is 2.38 bits per heavy atom. The Morgan fingerprint density at radius 1 is 1.00 bits per heavy atom. The van der Waals surface area contributed by atoms with Gasteiger partial charge < -0.3 is 19.8 Å². The van der Waals surface area contributed by atoms with E-state index in [4.69, 9.17) is 9.15 Å². The summed E-state index contributed by atoms with van der Waals surface area (Å²) in [7, 11) is 1.59. The van der Waals surface area contributed by atoms with Gasteiger partial charge in [-0.2, -0.15) is 0 Å². The van der Waals surface area contributed by atoms with Crippen LogP contribution in [0.5, 0.6) is 5.75 Å². The van der Waals surface area contributed by atoms with E-state index in [9.17, 15) is 9.59 Å². The highest BCUT2D eigenvalue weighted by Gasteiger charge is 2.17. The number of hydrogen-bond acceptors (Lipinski definition) is 4. The number of ether oxygens (including phenoxy) is 1. The van der Waals surface area contributed by atoms with Crippen molar-refractivity contribution >= 4 is 22.8 Å². The van der Waals surface area contributed by atoms with E-state index in [1.165, 1.54) is 0 Å². The Hall–Kier alpha value is -3.28. The van der Waals surface area contributed by atoms with Gasteiger partial charge in [0.1, 0.15) is 11.3 Å². The van der Waals surface area contributed by atoms with Gasteiger partial charge >= 0.3 is 0 Å². The molecule has 0 radical (unpaired) electrons. The maximum Gasteiger partial charge on any atom is 0.287 e. The van der Waals surface area contributed by atoms with Gasteiger partial charge in [-0.1, -0.05) is 18.2 Å². The van der Waals surface area contributed by atoms with E-state index in [2.05, 4.69) is 10.6 Å². The van der Waals surface area contributed by atoms with E-state index in [0.29, 0.717) is 30.0 Å². The maximum absolute atomic E-state index is 12.4. The quantitative estimate of drug-likeness (QED) is 0.669. The zero-order chi connectivity index (χ0) is 18.5. The zero-order valence-corrected chi connectivity index (χ0v) is 14.7. The summed E-state index contributed by atoms with van der Waals surface area (Å²) >= 11 is 0. The van der Waals surface area contributed by atoms with Gasteiger partial charge in [0, 0.05) is 29.6 Å². The number of aryl methyl sites for hydroxylation is 1. The van der Waals surface area contributed by atoms with Crippen LogP contribution < -0.4 is 15.4 Å². The van der Waals surface area contributed by atoms with E-state index in [1.807, 2.05) is 19.1 Å². The van der Waals surface area contributed by atoms with Crippen molar-refractivity contribution in [1.29, 1.82) is 0 Å².